The van der Waals surface area contributed by atoms with Crippen molar-refractivity contribution in [1.82, 2.24) is 15.2 Å². The lowest BCUT2D eigenvalue weighted by Crippen LogP contribution is -2.58. The van der Waals surface area contributed by atoms with Gasteiger partial charge in [-0.25, -0.2) is 0 Å². The fourth-order valence-corrected chi connectivity index (χ4v) is 3.33. The number of nitrogens with one attached hydrogen (secondary N) is 1. The van der Waals surface area contributed by atoms with Crippen LogP contribution in [0.3, 0.4) is 0 Å². The third kappa shape index (κ3) is 3.80. The van der Waals surface area contributed by atoms with Crippen LogP contribution in [-0.2, 0) is 6.42 Å². The maximum absolute atomic E-state index is 4.11. The maximum Gasteiger partial charge on any atom is 0.0309 e. The molecule has 1 aromatic heterocycles. The Hall–Kier alpha value is -0.930. The van der Waals surface area contributed by atoms with E-state index in [1.165, 1.54) is 44.3 Å². The first-order chi connectivity index (χ1) is 9.64. The molecule has 0 aromatic carbocycles. The zero-order valence-corrected chi connectivity index (χ0v) is 13.2. The van der Waals surface area contributed by atoms with Gasteiger partial charge >= 0.3 is 0 Å². The first kappa shape index (κ1) is 15.5. The van der Waals surface area contributed by atoms with E-state index in [4.69, 9.17) is 0 Å². The molecule has 0 amide bonds. The highest BCUT2D eigenvalue weighted by Gasteiger charge is 2.34. The first-order valence-corrected chi connectivity index (χ1v) is 7.96. The number of pyridine rings is 1. The summed E-state index contributed by atoms with van der Waals surface area (Å²) in [6, 6.07) is 4.72. The van der Waals surface area contributed by atoms with E-state index in [0.29, 0.717) is 6.04 Å². The monoisotopic (exact) mass is 275 g/mol. The smallest absolute Gasteiger partial charge is 0.0309 e. The molecule has 112 valence electrons. The summed E-state index contributed by atoms with van der Waals surface area (Å²) in [4.78, 5) is 6.79. The number of nitrogens with zero attached hydrogens (tertiary/aromatic N) is 2. The Balaban J connectivity index is 2.07. The minimum absolute atomic E-state index is 0.183. The Morgan fingerprint density at radius 3 is 2.30 bits per heavy atom. The van der Waals surface area contributed by atoms with Gasteiger partial charge in [0.1, 0.15) is 0 Å². The molecule has 1 saturated heterocycles. The summed E-state index contributed by atoms with van der Waals surface area (Å²) >= 11 is 0. The van der Waals surface area contributed by atoms with Crippen LogP contribution in [0.2, 0.25) is 0 Å². The Morgan fingerprint density at radius 2 is 1.75 bits per heavy atom. The molecule has 1 atom stereocenters. The van der Waals surface area contributed by atoms with Crippen LogP contribution in [0.15, 0.2) is 24.5 Å². The van der Waals surface area contributed by atoms with E-state index >= 15 is 0 Å². The van der Waals surface area contributed by atoms with Crippen molar-refractivity contribution in [2.24, 2.45) is 0 Å². The van der Waals surface area contributed by atoms with Crippen LogP contribution >= 0.6 is 0 Å². The number of likely N-dealkylation sites (N-methyl/N-ethyl adjacent to an activating group) is 1. The van der Waals surface area contributed by atoms with E-state index in [1.807, 2.05) is 12.4 Å². The van der Waals surface area contributed by atoms with Gasteiger partial charge in [0, 0.05) is 24.0 Å². The SMILES string of the molecule is CNC(Cc1ccncc1)C(C)(C)N1CCCCCC1. The molecule has 1 aliphatic rings. The standard InChI is InChI=1S/C17H29N3/c1-17(2,20-12-6-4-5-7-13-20)16(18-3)14-15-8-10-19-11-9-15/h8-11,16,18H,4-7,12-14H2,1-3H3. The summed E-state index contributed by atoms with van der Waals surface area (Å²) in [6.07, 6.45) is 10.3. The van der Waals surface area contributed by atoms with Gasteiger partial charge in [0.15, 0.2) is 0 Å². The molecule has 2 rings (SSSR count). The molecule has 20 heavy (non-hydrogen) atoms. The first-order valence-electron chi connectivity index (χ1n) is 7.96. The minimum Gasteiger partial charge on any atom is -0.315 e. The second-order valence-electron chi connectivity index (χ2n) is 6.46. The van der Waals surface area contributed by atoms with Crippen LogP contribution in [0.4, 0.5) is 0 Å². The molecule has 1 aliphatic heterocycles. The molecule has 1 fully saturated rings. The average molecular weight is 275 g/mol. The third-order valence-corrected chi connectivity index (χ3v) is 4.81. The predicted octanol–water partition coefficient (Wildman–Crippen LogP) is 2.87. The zero-order chi connectivity index (χ0) is 14.4. The van der Waals surface area contributed by atoms with E-state index in [0.717, 1.165) is 6.42 Å². The van der Waals surface area contributed by atoms with Gasteiger partial charge in [0.2, 0.25) is 0 Å². The molecule has 1 aromatic rings. The van der Waals surface area contributed by atoms with Crippen molar-refractivity contribution in [3.05, 3.63) is 30.1 Å². The number of hydrogen-bond donors (Lipinski definition) is 1. The average Bonchev–Trinajstić information content (AvgIpc) is 2.75. The highest BCUT2D eigenvalue weighted by Crippen LogP contribution is 2.25. The molecule has 3 heteroatoms. The Labute approximate surface area is 123 Å². The quantitative estimate of drug-likeness (QED) is 0.895. The second kappa shape index (κ2) is 7.19. The van der Waals surface area contributed by atoms with E-state index in [2.05, 4.69) is 48.2 Å². The lowest BCUT2D eigenvalue weighted by molar-refractivity contribution is 0.0864. The van der Waals surface area contributed by atoms with Crippen LogP contribution in [0.25, 0.3) is 0 Å². The molecular weight excluding hydrogens is 246 g/mol. The lowest BCUT2D eigenvalue weighted by Gasteiger charge is -2.44. The van der Waals surface area contributed by atoms with Gasteiger partial charge in [0.05, 0.1) is 0 Å². The van der Waals surface area contributed by atoms with Gasteiger partial charge in [-0.2, -0.15) is 0 Å². The van der Waals surface area contributed by atoms with Crippen molar-refractivity contribution in [2.75, 3.05) is 20.1 Å². The third-order valence-electron chi connectivity index (χ3n) is 4.81. The van der Waals surface area contributed by atoms with E-state index in [1.54, 1.807) is 0 Å². The number of rotatable bonds is 5. The molecule has 3 nitrogen and oxygen atoms in total. The molecule has 0 radical (unpaired) electrons. The fraction of sp³-hybridized carbons (Fsp3) is 0.706. The maximum atomic E-state index is 4.11. The van der Waals surface area contributed by atoms with Crippen molar-refractivity contribution in [1.29, 1.82) is 0 Å². The number of likely N-dealkylation sites (tertiary alicyclic amines) is 1. The molecule has 0 saturated carbocycles. The summed E-state index contributed by atoms with van der Waals surface area (Å²) < 4.78 is 0. The van der Waals surface area contributed by atoms with Gasteiger partial charge in [-0.05, 0) is 70.9 Å². The van der Waals surface area contributed by atoms with Gasteiger partial charge in [-0.1, -0.05) is 12.8 Å². The van der Waals surface area contributed by atoms with Crippen LogP contribution in [-0.4, -0.2) is 41.6 Å². The largest absolute Gasteiger partial charge is 0.315 e. The Morgan fingerprint density at radius 1 is 1.15 bits per heavy atom. The van der Waals surface area contributed by atoms with Gasteiger partial charge in [-0.3, -0.25) is 9.88 Å². The highest BCUT2D eigenvalue weighted by atomic mass is 15.2. The van der Waals surface area contributed by atoms with Gasteiger partial charge < -0.3 is 5.32 Å². The minimum atomic E-state index is 0.183. The molecule has 0 aliphatic carbocycles. The van der Waals surface area contributed by atoms with E-state index in [-0.39, 0.29) is 5.54 Å². The summed E-state index contributed by atoms with van der Waals surface area (Å²) in [5, 5.41) is 3.55. The van der Waals surface area contributed by atoms with Crippen LogP contribution < -0.4 is 5.32 Å². The normalized spacial score (nSPS) is 19.6. The summed E-state index contributed by atoms with van der Waals surface area (Å²) in [7, 11) is 2.09. The van der Waals surface area contributed by atoms with Gasteiger partial charge in [0.25, 0.3) is 0 Å². The van der Waals surface area contributed by atoms with Crippen LogP contribution in [0.1, 0.15) is 45.1 Å². The second-order valence-corrected chi connectivity index (χ2v) is 6.46. The summed E-state index contributed by atoms with van der Waals surface area (Å²) in [5.74, 6) is 0. The van der Waals surface area contributed by atoms with Crippen LogP contribution in [0, 0.1) is 0 Å². The fourth-order valence-electron chi connectivity index (χ4n) is 3.33. The Bertz CT molecular complexity index is 380. The van der Waals surface area contributed by atoms with Crippen molar-refractivity contribution < 1.29 is 0 Å². The highest BCUT2D eigenvalue weighted by molar-refractivity contribution is 5.13. The molecule has 0 bridgehead atoms. The van der Waals surface area contributed by atoms with Crippen LogP contribution in [0.5, 0.6) is 0 Å². The van der Waals surface area contributed by atoms with Gasteiger partial charge in [-0.15, -0.1) is 0 Å². The van der Waals surface area contributed by atoms with E-state index < -0.39 is 0 Å². The topological polar surface area (TPSA) is 28.2 Å². The zero-order valence-electron chi connectivity index (χ0n) is 13.2. The van der Waals surface area contributed by atoms with Crippen molar-refractivity contribution in [3.8, 4) is 0 Å². The molecule has 1 N–H and O–H groups in total. The predicted molar refractivity (Wildman–Crippen MR) is 84.9 cm³/mol. The molecular formula is C17H29N3. The molecule has 2 heterocycles. The lowest BCUT2D eigenvalue weighted by atomic mass is 9.87. The van der Waals surface area contributed by atoms with E-state index in [9.17, 15) is 0 Å². The number of aromatic nitrogens is 1. The summed E-state index contributed by atoms with van der Waals surface area (Å²) in [5.41, 5.74) is 1.55. The summed E-state index contributed by atoms with van der Waals surface area (Å²) in [6.45, 7) is 7.25. The molecule has 1 unspecified atom stereocenters. The van der Waals surface area contributed by atoms with Crippen molar-refractivity contribution >= 4 is 0 Å². The van der Waals surface area contributed by atoms with Crippen molar-refractivity contribution in [3.63, 3.8) is 0 Å². The van der Waals surface area contributed by atoms with Crippen molar-refractivity contribution in [2.45, 2.75) is 57.5 Å². The Kier molecular flexibility index (Phi) is 5.55. The molecule has 0 spiro atoms. The number of hydrogen-bond acceptors (Lipinski definition) is 3.